The second kappa shape index (κ2) is 5.63. The lowest BCUT2D eigenvalue weighted by Crippen LogP contribution is -2.13. The van der Waals surface area contributed by atoms with Crippen LogP contribution in [0.25, 0.3) is 0 Å². The van der Waals surface area contributed by atoms with Crippen LogP contribution in [0.3, 0.4) is 0 Å². The van der Waals surface area contributed by atoms with E-state index in [0.29, 0.717) is 5.69 Å². The van der Waals surface area contributed by atoms with Gasteiger partial charge in [-0.15, -0.1) is 0 Å². The molecule has 0 aliphatic rings. The molecule has 1 N–H and O–H groups in total. The molecule has 0 unspecified atom stereocenters. The molecule has 98 valence electrons. The Balaban J connectivity index is 2.84. The van der Waals surface area contributed by atoms with Crippen LogP contribution >= 0.6 is 0 Å². The minimum absolute atomic E-state index is 0.0258. The van der Waals surface area contributed by atoms with E-state index >= 15 is 0 Å². The van der Waals surface area contributed by atoms with E-state index in [4.69, 9.17) is 0 Å². The average molecular weight is 271 g/mol. The summed E-state index contributed by atoms with van der Waals surface area (Å²) in [5.74, 6) is -1.60. The van der Waals surface area contributed by atoms with Crippen molar-refractivity contribution in [3.63, 3.8) is 0 Å². The highest BCUT2D eigenvalue weighted by Gasteiger charge is 2.15. The molecule has 1 rings (SSSR count). The molecule has 0 spiro atoms. The monoisotopic (exact) mass is 271 g/mol. The van der Waals surface area contributed by atoms with E-state index in [0.717, 1.165) is 6.92 Å². The largest absolute Gasteiger partial charge is 0.449 e. The predicted octanol–water partition coefficient (Wildman–Crippen LogP) is 0.939. The fraction of sp³-hybridized carbons (Fsp3) is 0.273. The Hall–Kier alpha value is -1.89. The van der Waals surface area contributed by atoms with Crippen LogP contribution in [0.15, 0.2) is 29.2 Å². The summed E-state index contributed by atoms with van der Waals surface area (Å²) < 4.78 is 27.9. The quantitative estimate of drug-likeness (QED) is 0.823. The number of sulfone groups is 1. The normalized spacial score (nSPS) is 10.8. The van der Waals surface area contributed by atoms with Crippen LogP contribution in [0, 0.1) is 0 Å². The van der Waals surface area contributed by atoms with Crippen molar-refractivity contribution in [3.8, 4) is 0 Å². The Kier molecular flexibility index (Phi) is 4.43. The number of benzene rings is 1. The molecule has 0 heterocycles. The lowest BCUT2D eigenvalue weighted by Gasteiger charge is -2.06. The van der Waals surface area contributed by atoms with Crippen molar-refractivity contribution >= 4 is 27.4 Å². The zero-order valence-electron chi connectivity index (χ0n) is 9.97. The first-order chi connectivity index (χ1) is 8.31. The third-order valence-corrected chi connectivity index (χ3v) is 3.37. The van der Waals surface area contributed by atoms with Crippen molar-refractivity contribution in [2.24, 2.45) is 0 Å². The molecule has 0 radical (unpaired) electrons. The highest BCUT2D eigenvalue weighted by molar-refractivity contribution is 7.91. The van der Waals surface area contributed by atoms with Gasteiger partial charge in [0.05, 0.1) is 4.90 Å². The molecule has 0 bridgehead atoms. The van der Waals surface area contributed by atoms with Crippen LogP contribution in [0.1, 0.15) is 13.8 Å². The number of hydrogen-bond donors (Lipinski definition) is 1. The van der Waals surface area contributed by atoms with Crippen LogP contribution in [0.4, 0.5) is 5.69 Å². The Morgan fingerprint density at radius 3 is 2.17 bits per heavy atom. The van der Waals surface area contributed by atoms with Crippen molar-refractivity contribution in [1.29, 1.82) is 0 Å². The molecule has 0 atom stereocenters. The number of nitrogens with one attached hydrogen (secondary N) is 1. The molecule has 0 aliphatic carbocycles. The summed E-state index contributed by atoms with van der Waals surface area (Å²) in [5.41, 5.74) is 0.494. The summed E-state index contributed by atoms with van der Waals surface area (Å²) in [4.78, 5) is 21.4. The number of amides is 1. The number of anilines is 1. The van der Waals surface area contributed by atoms with Gasteiger partial charge in [0.15, 0.2) is 5.94 Å². The maximum Gasteiger partial charge on any atom is 0.303 e. The summed E-state index contributed by atoms with van der Waals surface area (Å²) in [5, 5.41) is 2.51. The number of carbonyl (C=O) groups is 2. The van der Waals surface area contributed by atoms with Gasteiger partial charge in [-0.25, -0.2) is 8.42 Å². The maximum absolute atomic E-state index is 11.7. The molecule has 18 heavy (non-hydrogen) atoms. The zero-order valence-corrected chi connectivity index (χ0v) is 10.8. The highest BCUT2D eigenvalue weighted by atomic mass is 32.2. The first-order valence-corrected chi connectivity index (χ1v) is 6.70. The zero-order chi connectivity index (χ0) is 13.8. The van der Waals surface area contributed by atoms with Crippen LogP contribution in [-0.2, 0) is 24.2 Å². The number of ether oxygens (including phenoxy) is 1. The predicted molar refractivity (Wildman–Crippen MR) is 64.6 cm³/mol. The molecular formula is C11H13NO5S. The molecule has 6 nitrogen and oxygen atoms in total. The molecule has 0 fully saturated rings. The van der Waals surface area contributed by atoms with Gasteiger partial charge in [-0.1, -0.05) is 0 Å². The highest BCUT2D eigenvalue weighted by Crippen LogP contribution is 2.15. The Morgan fingerprint density at radius 1 is 1.17 bits per heavy atom. The van der Waals surface area contributed by atoms with Gasteiger partial charge in [-0.3, -0.25) is 9.59 Å². The number of esters is 1. The van der Waals surface area contributed by atoms with E-state index in [1.807, 2.05) is 0 Å². The van der Waals surface area contributed by atoms with E-state index in [-0.39, 0.29) is 10.8 Å². The van der Waals surface area contributed by atoms with Crippen molar-refractivity contribution < 1.29 is 22.7 Å². The number of hydrogen-bond acceptors (Lipinski definition) is 5. The van der Waals surface area contributed by atoms with Gasteiger partial charge >= 0.3 is 5.97 Å². The number of carbonyl (C=O) groups excluding carboxylic acids is 2. The smallest absolute Gasteiger partial charge is 0.303 e. The Bertz CT molecular complexity index is 547. The van der Waals surface area contributed by atoms with E-state index < -0.39 is 21.7 Å². The molecule has 0 aromatic heterocycles. The van der Waals surface area contributed by atoms with E-state index in [2.05, 4.69) is 10.1 Å². The standard InChI is InChI=1S/C11H13NO5S/c1-8(13)12-10-3-5-11(6-4-10)18(15,16)7-17-9(2)14/h3-6H,7H2,1-2H3,(H,12,13). The lowest BCUT2D eigenvalue weighted by molar-refractivity contribution is -0.138. The fourth-order valence-corrected chi connectivity index (χ4v) is 2.19. The molecule has 1 amide bonds. The Labute approximate surface area is 105 Å². The van der Waals surface area contributed by atoms with E-state index in [9.17, 15) is 18.0 Å². The molecule has 0 saturated heterocycles. The molecule has 7 heteroatoms. The second-order valence-corrected chi connectivity index (χ2v) is 5.51. The first kappa shape index (κ1) is 14.2. The second-order valence-electron chi connectivity index (χ2n) is 3.57. The summed E-state index contributed by atoms with van der Waals surface area (Å²) in [6.07, 6.45) is 0. The Morgan fingerprint density at radius 2 is 1.72 bits per heavy atom. The van der Waals surface area contributed by atoms with Gasteiger partial charge in [-0.2, -0.15) is 0 Å². The maximum atomic E-state index is 11.7. The number of rotatable bonds is 4. The summed E-state index contributed by atoms with van der Waals surface area (Å²) in [6, 6.07) is 5.60. The van der Waals surface area contributed by atoms with Gasteiger partial charge in [-0.05, 0) is 24.3 Å². The van der Waals surface area contributed by atoms with Gasteiger partial charge in [0.25, 0.3) is 0 Å². The van der Waals surface area contributed by atoms with Crippen molar-refractivity contribution in [1.82, 2.24) is 0 Å². The third-order valence-electron chi connectivity index (χ3n) is 1.95. The lowest BCUT2D eigenvalue weighted by atomic mass is 10.3. The third kappa shape index (κ3) is 4.17. The summed E-state index contributed by atoms with van der Waals surface area (Å²) >= 11 is 0. The van der Waals surface area contributed by atoms with Crippen LogP contribution in [0.2, 0.25) is 0 Å². The molecule has 0 saturated carbocycles. The average Bonchev–Trinajstić information content (AvgIpc) is 2.26. The van der Waals surface area contributed by atoms with Crippen molar-refractivity contribution in [2.75, 3.05) is 11.3 Å². The molecule has 1 aromatic carbocycles. The SMILES string of the molecule is CC(=O)Nc1ccc(S(=O)(=O)COC(C)=O)cc1. The topological polar surface area (TPSA) is 89.5 Å². The van der Waals surface area contributed by atoms with E-state index in [1.165, 1.54) is 31.2 Å². The van der Waals surface area contributed by atoms with Crippen molar-refractivity contribution in [3.05, 3.63) is 24.3 Å². The molecule has 1 aromatic rings. The van der Waals surface area contributed by atoms with Crippen LogP contribution in [-0.4, -0.2) is 26.2 Å². The summed E-state index contributed by atoms with van der Waals surface area (Å²) in [6.45, 7) is 2.49. The first-order valence-electron chi connectivity index (χ1n) is 5.05. The molecule has 0 aliphatic heterocycles. The minimum atomic E-state index is -3.66. The fourth-order valence-electron chi connectivity index (χ4n) is 1.18. The van der Waals surface area contributed by atoms with Gasteiger partial charge < -0.3 is 10.1 Å². The van der Waals surface area contributed by atoms with Gasteiger partial charge in [0.1, 0.15) is 0 Å². The van der Waals surface area contributed by atoms with E-state index in [1.54, 1.807) is 0 Å². The molecular weight excluding hydrogens is 258 g/mol. The van der Waals surface area contributed by atoms with Gasteiger partial charge in [0, 0.05) is 19.5 Å². The minimum Gasteiger partial charge on any atom is -0.449 e. The van der Waals surface area contributed by atoms with Gasteiger partial charge in [0.2, 0.25) is 15.7 Å². The van der Waals surface area contributed by atoms with Crippen molar-refractivity contribution in [2.45, 2.75) is 18.7 Å². The summed E-state index contributed by atoms with van der Waals surface area (Å²) in [7, 11) is -3.66. The van der Waals surface area contributed by atoms with Crippen LogP contribution in [0.5, 0.6) is 0 Å². The van der Waals surface area contributed by atoms with Crippen LogP contribution < -0.4 is 5.32 Å².